The van der Waals surface area contributed by atoms with Crippen molar-refractivity contribution in [3.63, 3.8) is 0 Å². The zero-order valence-corrected chi connectivity index (χ0v) is 4.64. The van der Waals surface area contributed by atoms with Crippen LogP contribution in [0.5, 0.6) is 0 Å². The van der Waals surface area contributed by atoms with Crippen molar-refractivity contribution >= 4 is 0 Å². The maximum Gasteiger partial charge on any atom is 0.219 e. The van der Waals surface area contributed by atoms with Gasteiger partial charge in [-0.2, -0.15) is 0 Å². The third-order valence-corrected chi connectivity index (χ3v) is 0.437. The molecule has 1 unspecified atom stereocenters. The summed E-state index contributed by atoms with van der Waals surface area (Å²) in [6.07, 6.45) is 0. The molecule has 0 heterocycles. The molecule has 0 aromatic rings. The first-order valence-electron chi connectivity index (χ1n) is 2.21. The summed E-state index contributed by atoms with van der Waals surface area (Å²) in [6.45, 7) is 3.58. The number of aliphatic hydroxyl groups is 1. The number of rotatable bonds is 2. The molecule has 0 radical (unpaired) electrons. The second-order valence-electron chi connectivity index (χ2n) is 1.49. The molecule has 0 amide bonds. The van der Waals surface area contributed by atoms with Crippen LogP contribution in [-0.2, 0) is 4.74 Å². The van der Waals surface area contributed by atoms with Crippen LogP contribution in [0, 0.1) is 0 Å². The molecule has 1 atom stereocenters. The van der Waals surface area contributed by atoms with Crippen LogP contribution in [-0.4, -0.2) is 17.6 Å². The molecule has 0 aliphatic heterocycles. The van der Waals surface area contributed by atoms with E-state index in [0.717, 1.165) is 0 Å². The van der Waals surface area contributed by atoms with Crippen LogP contribution in [0.25, 0.3) is 0 Å². The predicted molar refractivity (Wildman–Crippen MR) is 26.4 cm³/mol. The monoisotopic (exact) mass is 105 g/mol. The van der Waals surface area contributed by atoms with Gasteiger partial charge in [0.05, 0.1) is 0 Å². The molecule has 0 aromatic carbocycles. The van der Waals surface area contributed by atoms with Gasteiger partial charge >= 0.3 is 0 Å². The highest BCUT2D eigenvalue weighted by atomic mass is 16.6. The third-order valence-electron chi connectivity index (χ3n) is 0.437. The van der Waals surface area contributed by atoms with E-state index in [-0.39, 0.29) is 0 Å². The van der Waals surface area contributed by atoms with Gasteiger partial charge in [-0.15, -0.1) is 0 Å². The second-order valence-corrected chi connectivity index (χ2v) is 1.49. The van der Waals surface area contributed by atoms with Gasteiger partial charge in [-0.05, 0) is 6.92 Å². The molecule has 0 bridgehead atoms. The summed E-state index contributed by atoms with van der Waals surface area (Å²) in [5.41, 5.74) is 4.98. The van der Waals surface area contributed by atoms with Gasteiger partial charge in [0, 0.05) is 13.5 Å². The van der Waals surface area contributed by atoms with Crippen molar-refractivity contribution in [3.8, 4) is 0 Å². The van der Waals surface area contributed by atoms with Crippen LogP contribution in [0.15, 0.2) is 0 Å². The Balaban J connectivity index is 3.15. The third kappa shape index (κ3) is 5.88. The first-order chi connectivity index (χ1) is 3.06. The number of hydrogen-bond acceptors (Lipinski definition) is 3. The zero-order valence-electron chi connectivity index (χ0n) is 4.64. The lowest BCUT2D eigenvalue weighted by atomic mass is 10.6. The average molecular weight is 105 g/mol. The molecule has 3 heteroatoms. The van der Waals surface area contributed by atoms with Crippen molar-refractivity contribution in [2.75, 3.05) is 6.61 Å². The van der Waals surface area contributed by atoms with E-state index >= 15 is 0 Å². The quantitative estimate of drug-likeness (QED) is 0.472. The minimum absolute atomic E-state index is 0.434. The summed E-state index contributed by atoms with van der Waals surface area (Å²) >= 11 is 0. The van der Waals surface area contributed by atoms with Crippen LogP contribution >= 0.6 is 0 Å². The van der Waals surface area contributed by atoms with Crippen LogP contribution < -0.4 is 5.73 Å². The first-order valence-corrected chi connectivity index (χ1v) is 2.21. The Morgan fingerprint density at radius 1 is 1.86 bits per heavy atom. The van der Waals surface area contributed by atoms with Crippen LogP contribution in [0.1, 0.15) is 13.8 Å². The lowest BCUT2D eigenvalue weighted by Gasteiger charge is -2.15. The van der Waals surface area contributed by atoms with E-state index in [1.165, 1.54) is 6.92 Å². The predicted octanol–water partition coefficient (Wildman–Crippen LogP) is -0.352. The van der Waals surface area contributed by atoms with Crippen molar-refractivity contribution in [2.24, 2.45) is 5.73 Å². The number of ether oxygens (including phenoxy) is 1. The largest absolute Gasteiger partial charge is 0.354 e. The van der Waals surface area contributed by atoms with Gasteiger partial charge in [-0.3, -0.25) is 5.73 Å². The fourth-order valence-electron chi connectivity index (χ4n) is 0.292. The van der Waals surface area contributed by atoms with E-state index in [4.69, 9.17) is 10.8 Å². The van der Waals surface area contributed by atoms with E-state index in [1.807, 2.05) is 0 Å². The maximum absolute atomic E-state index is 8.57. The highest BCUT2D eigenvalue weighted by Gasteiger charge is 2.09. The molecule has 44 valence electrons. The van der Waals surface area contributed by atoms with Gasteiger partial charge < -0.3 is 9.84 Å². The van der Waals surface area contributed by atoms with Crippen molar-refractivity contribution in [3.05, 3.63) is 0 Å². The molecule has 3 nitrogen and oxygen atoms in total. The first kappa shape index (κ1) is 6.88. The smallest absolute Gasteiger partial charge is 0.219 e. The minimum Gasteiger partial charge on any atom is -0.354 e. The summed E-state index contributed by atoms with van der Waals surface area (Å²) in [5, 5.41) is 8.57. The zero-order chi connectivity index (χ0) is 5.91. The van der Waals surface area contributed by atoms with Gasteiger partial charge in [0.1, 0.15) is 0 Å². The average Bonchev–Trinajstić information content (AvgIpc) is 1.30. The maximum atomic E-state index is 8.57. The summed E-state index contributed by atoms with van der Waals surface area (Å²) < 4.78 is 4.56. The SMILES string of the molecule is CCOC(C)(N)O. The molecule has 0 fully saturated rings. The molecule has 0 rings (SSSR count). The molecule has 3 N–H and O–H groups in total. The molecule has 0 aliphatic carbocycles. The highest BCUT2D eigenvalue weighted by Crippen LogP contribution is 1.91. The Kier molecular flexibility index (Phi) is 2.22. The van der Waals surface area contributed by atoms with E-state index in [2.05, 4.69) is 4.74 Å². The summed E-state index contributed by atoms with van der Waals surface area (Å²) in [6, 6.07) is 0. The molecule has 0 aromatic heterocycles. The van der Waals surface area contributed by atoms with Crippen LogP contribution in [0.2, 0.25) is 0 Å². The normalized spacial score (nSPS) is 18.9. The lowest BCUT2D eigenvalue weighted by molar-refractivity contribution is -0.181. The van der Waals surface area contributed by atoms with Crippen LogP contribution in [0.3, 0.4) is 0 Å². The fraction of sp³-hybridized carbons (Fsp3) is 1.00. The van der Waals surface area contributed by atoms with Gasteiger partial charge in [-0.1, -0.05) is 0 Å². The number of nitrogens with two attached hydrogens (primary N) is 1. The number of hydrogen-bond donors (Lipinski definition) is 2. The Morgan fingerprint density at radius 3 is 2.29 bits per heavy atom. The standard InChI is InChI=1S/C4H11NO2/c1-3-7-4(2,5)6/h6H,3,5H2,1-2H3. The van der Waals surface area contributed by atoms with E-state index in [1.54, 1.807) is 6.92 Å². The van der Waals surface area contributed by atoms with Gasteiger partial charge in [0.25, 0.3) is 0 Å². The van der Waals surface area contributed by atoms with Crippen molar-refractivity contribution < 1.29 is 9.84 Å². The minimum atomic E-state index is -1.45. The van der Waals surface area contributed by atoms with Crippen molar-refractivity contribution in [1.29, 1.82) is 0 Å². The van der Waals surface area contributed by atoms with E-state index < -0.39 is 5.91 Å². The second kappa shape index (κ2) is 2.26. The Morgan fingerprint density at radius 2 is 2.29 bits per heavy atom. The highest BCUT2D eigenvalue weighted by molar-refractivity contribution is 4.41. The van der Waals surface area contributed by atoms with E-state index in [0.29, 0.717) is 6.61 Å². The van der Waals surface area contributed by atoms with Crippen molar-refractivity contribution in [2.45, 2.75) is 19.8 Å². The molecular formula is C4H11NO2. The van der Waals surface area contributed by atoms with Gasteiger partial charge in [-0.25, -0.2) is 0 Å². The molecule has 7 heavy (non-hydrogen) atoms. The summed E-state index contributed by atoms with van der Waals surface area (Å²) in [5.74, 6) is -1.45. The van der Waals surface area contributed by atoms with E-state index in [9.17, 15) is 0 Å². The Bertz CT molecular complexity index is 48.1. The Hall–Kier alpha value is -0.120. The Labute approximate surface area is 43.1 Å². The van der Waals surface area contributed by atoms with Crippen molar-refractivity contribution in [1.82, 2.24) is 0 Å². The summed E-state index contributed by atoms with van der Waals surface area (Å²) in [7, 11) is 0. The fourth-order valence-corrected chi connectivity index (χ4v) is 0.292. The topological polar surface area (TPSA) is 55.5 Å². The molecule has 0 aliphatic rings. The summed E-state index contributed by atoms with van der Waals surface area (Å²) in [4.78, 5) is 0. The molecule has 0 saturated heterocycles. The molecule has 0 saturated carbocycles. The lowest BCUT2D eigenvalue weighted by Crippen LogP contribution is -2.38. The molecule has 0 spiro atoms. The molecular weight excluding hydrogens is 94.0 g/mol. The van der Waals surface area contributed by atoms with Gasteiger partial charge in [0.15, 0.2) is 0 Å². The van der Waals surface area contributed by atoms with Gasteiger partial charge in [0.2, 0.25) is 5.91 Å². The van der Waals surface area contributed by atoms with Crippen LogP contribution in [0.4, 0.5) is 0 Å².